The molecular formula is C11H17ClN2O. The van der Waals surface area contributed by atoms with Crippen LogP contribution in [0.1, 0.15) is 18.4 Å². The molecular weight excluding hydrogens is 212 g/mol. The zero-order chi connectivity index (χ0) is 9.64. The van der Waals surface area contributed by atoms with Crippen molar-refractivity contribution in [1.29, 1.82) is 0 Å². The third-order valence-corrected chi connectivity index (χ3v) is 2.49. The summed E-state index contributed by atoms with van der Waals surface area (Å²) in [5.41, 5.74) is 1.20. The van der Waals surface area contributed by atoms with Crippen LogP contribution in [0.4, 0.5) is 0 Å². The third kappa shape index (κ3) is 4.16. The molecule has 0 aliphatic carbocycles. The van der Waals surface area contributed by atoms with Gasteiger partial charge < -0.3 is 10.1 Å². The summed E-state index contributed by atoms with van der Waals surface area (Å²) >= 11 is 0. The van der Waals surface area contributed by atoms with Gasteiger partial charge in [0, 0.05) is 18.9 Å². The number of pyridine rings is 1. The SMILES string of the molecule is Cl.c1cc(CO[C@@H]2CCCNC2)ccn1. The van der Waals surface area contributed by atoms with Gasteiger partial charge in [0.15, 0.2) is 0 Å². The average Bonchev–Trinajstić information content (AvgIpc) is 2.29. The molecule has 0 radical (unpaired) electrons. The number of hydrogen-bond donors (Lipinski definition) is 1. The van der Waals surface area contributed by atoms with E-state index in [1.165, 1.54) is 18.4 Å². The van der Waals surface area contributed by atoms with Gasteiger partial charge in [-0.15, -0.1) is 12.4 Å². The molecule has 2 heterocycles. The first-order chi connectivity index (χ1) is 6.95. The average molecular weight is 229 g/mol. The van der Waals surface area contributed by atoms with Gasteiger partial charge in [-0.25, -0.2) is 0 Å². The monoisotopic (exact) mass is 228 g/mol. The molecule has 1 fully saturated rings. The van der Waals surface area contributed by atoms with Gasteiger partial charge in [-0.2, -0.15) is 0 Å². The van der Waals surface area contributed by atoms with Crippen molar-refractivity contribution in [2.24, 2.45) is 0 Å². The van der Waals surface area contributed by atoms with E-state index >= 15 is 0 Å². The van der Waals surface area contributed by atoms with Crippen LogP contribution in [0.15, 0.2) is 24.5 Å². The Balaban J connectivity index is 0.00000112. The van der Waals surface area contributed by atoms with Gasteiger partial charge in [0.25, 0.3) is 0 Å². The minimum Gasteiger partial charge on any atom is -0.372 e. The maximum absolute atomic E-state index is 5.78. The van der Waals surface area contributed by atoms with Gasteiger partial charge in [-0.05, 0) is 37.1 Å². The second kappa shape index (κ2) is 6.77. The molecule has 3 nitrogen and oxygen atoms in total. The highest BCUT2D eigenvalue weighted by Gasteiger charge is 2.12. The number of ether oxygens (including phenoxy) is 1. The van der Waals surface area contributed by atoms with Gasteiger partial charge in [0.05, 0.1) is 12.7 Å². The number of halogens is 1. The Hall–Kier alpha value is -0.640. The molecule has 4 heteroatoms. The molecule has 1 N–H and O–H groups in total. The summed E-state index contributed by atoms with van der Waals surface area (Å²) < 4.78 is 5.78. The van der Waals surface area contributed by atoms with E-state index in [2.05, 4.69) is 10.3 Å². The number of nitrogens with one attached hydrogen (secondary N) is 1. The number of rotatable bonds is 3. The van der Waals surface area contributed by atoms with E-state index in [4.69, 9.17) is 4.74 Å². The van der Waals surface area contributed by atoms with Gasteiger partial charge >= 0.3 is 0 Å². The molecule has 2 rings (SSSR count). The number of hydrogen-bond acceptors (Lipinski definition) is 3. The minimum absolute atomic E-state index is 0. The minimum atomic E-state index is 0. The molecule has 0 bridgehead atoms. The summed E-state index contributed by atoms with van der Waals surface area (Å²) in [5.74, 6) is 0. The Morgan fingerprint density at radius 3 is 2.87 bits per heavy atom. The molecule has 0 aromatic carbocycles. The first-order valence-corrected chi connectivity index (χ1v) is 5.16. The zero-order valence-corrected chi connectivity index (χ0v) is 9.50. The largest absolute Gasteiger partial charge is 0.372 e. The lowest BCUT2D eigenvalue weighted by molar-refractivity contribution is 0.0252. The fourth-order valence-corrected chi connectivity index (χ4v) is 1.66. The van der Waals surface area contributed by atoms with Crippen LogP contribution in [-0.4, -0.2) is 24.2 Å². The lowest BCUT2D eigenvalue weighted by atomic mass is 10.1. The van der Waals surface area contributed by atoms with Crippen LogP contribution in [0.5, 0.6) is 0 Å². The van der Waals surface area contributed by atoms with Crippen LogP contribution in [0.3, 0.4) is 0 Å². The first-order valence-electron chi connectivity index (χ1n) is 5.16. The van der Waals surface area contributed by atoms with Gasteiger partial charge in [0.2, 0.25) is 0 Å². The molecule has 1 saturated heterocycles. The zero-order valence-electron chi connectivity index (χ0n) is 8.69. The number of nitrogens with zero attached hydrogens (tertiary/aromatic N) is 1. The molecule has 84 valence electrons. The molecule has 0 saturated carbocycles. The summed E-state index contributed by atoms with van der Waals surface area (Å²) in [6.07, 6.45) is 6.39. The van der Waals surface area contributed by atoms with E-state index in [-0.39, 0.29) is 12.4 Å². The van der Waals surface area contributed by atoms with E-state index in [1.54, 1.807) is 12.4 Å². The maximum Gasteiger partial charge on any atom is 0.0722 e. The molecule has 1 aromatic heterocycles. The van der Waals surface area contributed by atoms with Crippen LogP contribution in [0.25, 0.3) is 0 Å². The Kier molecular flexibility index (Phi) is 5.61. The smallest absolute Gasteiger partial charge is 0.0722 e. The van der Waals surface area contributed by atoms with Crippen molar-refractivity contribution in [3.05, 3.63) is 30.1 Å². The van der Waals surface area contributed by atoms with E-state index < -0.39 is 0 Å². The standard InChI is InChI=1S/C11H16N2O.ClH/c1-2-11(8-13-5-1)14-9-10-3-6-12-7-4-10;/h3-4,6-7,11,13H,1-2,5,8-9H2;1H/t11-;/m1./s1. The summed E-state index contributed by atoms with van der Waals surface area (Å²) in [6.45, 7) is 2.83. The lowest BCUT2D eigenvalue weighted by Crippen LogP contribution is -2.35. The van der Waals surface area contributed by atoms with Crippen LogP contribution in [0.2, 0.25) is 0 Å². The van der Waals surface area contributed by atoms with Gasteiger partial charge in [-0.1, -0.05) is 0 Å². The summed E-state index contributed by atoms with van der Waals surface area (Å²) in [4.78, 5) is 3.97. The van der Waals surface area contributed by atoms with E-state index in [0.29, 0.717) is 12.7 Å². The van der Waals surface area contributed by atoms with Crippen molar-refractivity contribution in [3.8, 4) is 0 Å². The normalized spacial score (nSPS) is 20.7. The molecule has 0 unspecified atom stereocenters. The Labute approximate surface area is 96.7 Å². The molecule has 1 aromatic rings. The fraction of sp³-hybridized carbons (Fsp3) is 0.545. The summed E-state index contributed by atoms with van der Waals surface area (Å²) in [5, 5.41) is 3.33. The van der Waals surface area contributed by atoms with Crippen molar-refractivity contribution >= 4 is 12.4 Å². The highest BCUT2D eigenvalue weighted by atomic mass is 35.5. The number of piperidine rings is 1. The quantitative estimate of drug-likeness (QED) is 0.857. The van der Waals surface area contributed by atoms with Crippen molar-refractivity contribution in [1.82, 2.24) is 10.3 Å². The number of aromatic nitrogens is 1. The van der Waals surface area contributed by atoms with Crippen molar-refractivity contribution in [2.75, 3.05) is 13.1 Å². The second-order valence-electron chi connectivity index (χ2n) is 3.63. The molecule has 0 spiro atoms. The molecule has 0 amide bonds. The van der Waals surface area contributed by atoms with Crippen LogP contribution >= 0.6 is 12.4 Å². The Morgan fingerprint density at radius 1 is 1.40 bits per heavy atom. The summed E-state index contributed by atoms with van der Waals surface area (Å²) in [6, 6.07) is 3.99. The lowest BCUT2D eigenvalue weighted by Gasteiger charge is -2.22. The van der Waals surface area contributed by atoms with Crippen LogP contribution in [0, 0.1) is 0 Å². The highest BCUT2D eigenvalue weighted by Crippen LogP contribution is 2.09. The van der Waals surface area contributed by atoms with E-state index in [9.17, 15) is 0 Å². The highest BCUT2D eigenvalue weighted by molar-refractivity contribution is 5.85. The Bertz CT molecular complexity index is 263. The predicted octanol–water partition coefficient (Wildman–Crippen LogP) is 1.77. The molecule has 15 heavy (non-hydrogen) atoms. The topological polar surface area (TPSA) is 34.1 Å². The summed E-state index contributed by atoms with van der Waals surface area (Å²) in [7, 11) is 0. The first kappa shape index (κ1) is 12.4. The van der Waals surface area contributed by atoms with E-state index in [0.717, 1.165) is 13.1 Å². The molecule has 1 aliphatic rings. The second-order valence-corrected chi connectivity index (χ2v) is 3.63. The predicted molar refractivity (Wildman–Crippen MR) is 62.2 cm³/mol. The maximum atomic E-state index is 5.78. The van der Waals surface area contributed by atoms with Crippen molar-refractivity contribution in [2.45, 2.75) is 25.6 Å². The van der Waals surface area contributed by atoms with Crippen LogP contribution in [-0.2, 0) is 11.3 Å². The van der Waals surface area contributed by atoms with Crippen LogP contribution < -0.4 is 5.32 Å². The van der Waals surface area contributed by atoms with Crippen molar-refractivity contribution in [3.63, 3.8) is 0 Å². The van der Waals surface area contributed by atoms with Crippen molar-refractivity contribution < 1.29 is 4.74 Å². The fourth-order valence-electron chi connectivity index (χ4n) is 1.66. The van der Waals surface area contributed by atoms with Gasteiger partial charge in [0.1, 0.15) is 0 Å². The van der Waals surface area contributed by atoms with E-state index in [1.807, 2.05) is 12.1 Å². The third-order valence-electron chi connectivity index (χ3n) is 2.49. The molecule has 1 aliphatic heterocycles. The Morgan fingerprint density at radius 2 is 2.20 bits per heavy atom. The molecule has 1 atom stereocenters. The van der Waals surface area contributed by atoms with Gasteiger partial charge in [-0.3, -0.25) is 4.98 Å².